The number of esters is 1. The van der Waals surface area contributed by atoms with E-state index in [2.05, 4.69) is 6.58 Å². The fraction of sp³-hybridized carbons (Fsp3) is 0.227. The Kier molecular flexibility index (Phi) is 6.08. The van der Waals surface area contributed by atoms with Crippen LogP contribution in [0.1, 0.15) is 34.2 Å². The zero-order chi connectivity index (χ0) is 21.1. The Morgan fingerprint density at radius 3 is 2.69 bits per heavy atom. The molecule has 0 bridgehead atoms. The second-order valence-electron chi connectivity index (χ2n) is 6.51. The zero-order valence-corrected chi connectivity index (χ0v) is 17.4. The molecule has 1 aromatic carbocycles. The molecule has 7 heteroatoms. The minimum Gasteiger partial charge on any atom is -0.462 e. The Morgan fingerprint density at radius 2 is 2.00 bits per heavy atom. The number of benzene rings is 1. The molecule has 150 valence electrons. The van der Waals surface area contributed by atoms with E-state index < -0.39 is 0 Å². The molecule has 2 aromatic rings. The van der Waals surface area contributed by atoms with Crippen molar-refractivity contribution in [1.82, 2.24) is 9.47 Å². The van der Waals surface area contributed by atoms with Gasteiger partial charge in [-0.05, 0) is 68.4 Å². The van der Waals surface area contributed by atoms with Crippen LogP contribution in [0.4, 0.5) is 4.79 Å². The van der Waals surface area contributed by atoms with E-state index in [1.807, 2.05) is 30.5 Å². The fourth-order valence-corrected chi connectivity index (χ4v) is 4.08. The van der Waals surface area contributed by atoms with Crippen molar-refractivity contribution in [3.05, 3.63) is 70.4 Å². The van der Waals surface area contributed by atoms with Crippen molar-refractivity contribution in [2.45, 2.75) is 20.8 Å². The Morgan fingerprint density at radius 1 is 1.24 bits per heavy atom. The van der Waals surface area contributed by atoms with Crippen molar-refractivity contribution in [2.24, 2.45) is 0 Å². The molecule has 6 nitrogen and oxygen atoms in total. The van der Waals surface area contributed by atoms with Crippen LogP contribution in [0.5, 0.6) is 0 Å². The monoisotopic (exact) mass is 410 g/mol. The van der Waals surface area contributed by atoms with Crippen LogP contribution in [0.3, 0.4) is 0 Å². The van der Waals surface area contributed by atoms with Gasteiger partial charge in [-0.3, -0.25) is 14.5 Å². The Hall–Kier alpha value is -3.06. The molecular formula is C22H22N2O4S. The molecule has 2 heterocycles. The zero-order valence-electron chi connectivity index (χ0n) is 16.6. The minimum atomic E-state index is -0.368. The summed E-state index contributed by atoms with van der Waals surface area (Å²) in [6, 6.07) is 9.16. The van der Waals surface area contributed by atoms with Crippen LogP contribution < -0.4 is 0 Å². The Bertz CT molecular complexity index is 1040. The van der Waals surface area contributed by atoms with Gasteiger partial charge in [-0.1, -0.05) is 12.1 Å². The third kappa shape index (κ3) is 4.05. The van der Waals surface area contributed by atoms with Gasteiger partial charge in [-0.25, -0.2) is 4.79 Å². The molecular weight excluding hydrogens is 388 g/mol. The normalized spacial score (nSPS) is 15.3. The van der Waals surface area contributed by atoms with Crippen molar-refractivity contribution < 1.29 is 19.1 Å². The maximum absolute atomic E-state index is 12.5. The van der Waals surface area contributed by atoms with E-state index in [0.29, 0.717) is 17.1 Å². The maximum atomic E-state index is 12.5. The van der Waals surface area contributed by atoms with E-state index in [9.17, 15) is 14.4 Å². The third-order valence-electron chi connectivity index (χ3n) is 4.56. The van der Waals surface area contributed by atoms with Gasteiger partial charge in [0.1, 0.15) is 0 Å². The lowest BCUT2D eigenvalue weighted by Crippen LogP contribution is -2.27. The Balaban J connectivity index is 1.97. The fourth-order valence-electron chi connectivity index (χ4n) is 3.25. The van der Waals surface area contributed by atoms with Gasteiger partial charge in [0.15, 0.2) is 0 Å². The smallest absolute Gasteiger partial charge is 0.338 e. The number of rotatable bonds is 6. The predicted molar refractivity (Wildman–Crippen MR) is 114 cm³/mol. The van der Waals surface area contributed by atoms with E-state index in [0.717, 1.165) is 34.4 Å². The maximum Gasteiger partial charge on any atom is 0.338 e. The first-order chi connectivity index (χ1) is 13.9. The summed E-state index contributed by atoms with van der Waals surface area (Å²) < 4.78 is 7.09. The van der Waals surface area contributed by atoms with Crippen molar-refractivity contribution in [1.29, 1.82) is 0 Å². The summed E-state index contributed by atoms with van der Waals surface area (Å²) in [7, 11) is 0. The SMILES string of the molecule is C=CCN1C(=O)S/C(=C\c2cc(C)n(-c3cccc(C(=O)OCC)c3)c2C)C1=O. The summed E-state index contributed by atoms with van der Waals surface area (Å²) in [5, 5.41) is -0.294. The lowest BCUT2D eigenvalue weighted by atomic mass is 10.2. The van der Waals surface area contributed by atoms with Gasteiger partial charge >= 0.3 is 5.97 Å². The molecule has 29 heavy (non-hydrogen) atoms. The predicted octanol–water partition coefficient (Wildman–Crippen LogP) is 4.49. The van der Waals surface area contributed by atoms with E-state index >= 15 is 0 Å². The number of aromatic nitrogens is 1. The highest BCUT2D eigenvalue weighted by Crippen LogP contribution is 2.33. The number of hydrogen-bond acceptors (Lipinski definition) is 5. The molecule has 0 atom stereocenters. The summed E-state index contributed by atoms with van der Waals surface area (Å²) in [6.45, 7) is 9.75. The van der Waals surface area contributed by atoms with Crippen LogP contribution in [-0.4, -0.2) is 39.7 Å². The molecule has 1 aliphatic heterocycles. The number of carbonyl (C=O) groups is 3. The molecule has 0 N–H and O–H groups in total. The minimum absolute atomic E-state index is 0.196. The van der Waals surface area contributed by atoms with Crippen LogP contribution in [0, 0.1) is 13.8 Å². The average molecular weight is 410 g/mol. The summed E-state index contributed by atoms with van der Waals surface area (Å²) in [5.41, 5.74) is 3.99. The number of ether oxygens (including phenoxy) is 1. The Labute approximate surface area is 173 Å². The molecule has 0 aliphatic carbocycles. The van der Waals surface area contributed by atoms with E-state index in [1.54, 1.807) is 31.2 Å². The number of nitrogens with zero attached hydrogens (tertiary/aromatic N) is 2. The summed E-state index contributed by atoms with van der Waals surface area (Å²) >= 11 is 0.928. The molecule has 0 unspecified atom stereocenters. The highest BCUT2D eigenvalue weighted by molar-refractivity contribution is 8.18. The number of imide groups is 1. The molecule has 1 saturated heterocycles. The first-order valence-electron chi connectivity index (χ1n) is 9.20. The molecule has 1 aromatic heterocycles. The van der Waals surface area contributed by atoms with Crippen molar-refractivity contribution in [3.8, 4) is 5.69 Å². The number of thioether (sulfide) groups is 1. The van der Waals surface area contributed by atoms with Gasteiger partial charge in [0.05, 0.1) is 17.1 Å². The molecule has 2 amide bonds. The van der Waals surface area contributed by atoms with E-state index in [1.165, 1.54) is 11.0 Å². The number of hydrogen-bond donors (Lipinski definition) is 0. The first kappa shape index (κ1) is 20.7. The molecule has 1 fully saturated rings. The third-order valence-corrected chi connectivity index (χ3v) is 5.47. The topological polar surface area (TPSA) is 68.6 Å². The molecule has 0 saturated carbocycles. The van der Waals surface area contributed by atoms with Gasteiger partial charge < -0.3 is 9.30 Å². The highest BCUT2D eigenvalue weighted by Gasteiger charge is 2.34. The van der Waals surface area contributed by atoms with Gasteiger partial charge in [0.2, 0.25) is 0 Å². The van der Waals surface area contributed by atoms with Crippen LogP contribution >= 0.6 is 11.8 Å². The number of amides is 2. The lowest BCUT2D eigenvalue weighted by molar-refractivity contribution is -0.122. The number of aryl methyl sites for hydroxylation is 1. The standard InChI is InChI=1S/C22H22N2O4S/c1-5-10-23-20(25)19(29-22(23)27)13-17-11-14(3)24(15(17)4)18-9-7-8-16(12-18)21(26)28-6-2/h5,7-9,11-13H,1,6,10H2,2-4H3/b19-13-. The summed E-state index contributed by atoms with van der Waals surface area (Å²) in [6.07, 6.45) is 3.27. The second kappa shape index (κ2) is 8.53. The van der Waals surface area contributed by atoms with Crippen LogP contribution in [0.15, 0.2) is 47.9 Å². The second-order valence-corrected chi connectivity index (χ2v) is 7.51. The van der Waals surface area contributed by atoms with Crippen LogP contribution in [0.25, 0.3) is 11.8 Å². The molecule has 0 spiro atoms. The van der Waals surface area contributed by atoms with Crippen LogP contribution in [-0.2, 0) is 9.53 Å². The average Bonchev–Trinajstić information content (AvgIpc) is 3.12. The van der Waals surface area contributed by atoms with Crippen molar-refractivity contribution >= 4 is 35.0 Å². The summed E-state index contributed by atoms with van der Waals surface area (Å²) in [5.74, 6) is -0.679. The van der Waals surface area contributed by atoms with E-state index in [-0.39, 0.29) is 23.7 Å². The first-order valence-corrected chi connectivity index (χ1v) is 10.0. The van der Waals surface area contributed by atoms with Gasteiger partial charge in [-0.2, -0.15) is 0 Å². The summed E-state index contributed by atoms with van der Waals surface area (Å²) in [4.78, 5) is 38.1. The van der Waals surface area contributed by atoms with E-state index in [4.69, 9.17) is 4.74 Å². The largest absolute Gasteiger partial charge is 0.462 e. The van der Waals surface area contributed by atoms with Crippen LogP contribution in [0.2, 0.25) is 0 Å². The molecule has 3 rings (SSSR count). The lowest BCUT2D eigenvalue weighted by Gasteiger charge is -2.11. The quantitative estimate of drug-likeness (QED) is 0.399. The van der Waals surface area contributed by atoms with Crippen molar-refractivity contribution in [2.75, 3.05) is 13.2 Å². The number of carbonyl (C=O) groups excluding carboxylic acids is 3. The van der Waals surface area contributed by atoms with Gasteiger partial charge in [0.25, 0.3) is 11.1 Å². The van der Waals surface area contributed by atoms with Gasteiger partial charge in [-0.15, -0.1) is 6.58 Å². The molecule has 0 radical (unpaired) electrons. The van der Waals surface area contributed by atoms with Gasteiger partial charge in [0, 0.05) is 23.6 Å². The van der Waals surface area contributed by atoms with Crippen molar-refractivity contribution in [3.63, 3.8) is 0 Å². The highest BCUT2D eigenvalue weighted by atomic mass is 32.2. The molecule has 1 aliphatic rings.